The summed E-state index contributed by atoms with van der Waals surface area (Å²) in [6.07, 6.45) is 4.23. The van der Waals surface area contributed by atoms with Crippen molar-refractivity contribution < 1.29 is 4.74 Å². The van der Waals surface area contributed by atoms with Gasteiger partial charge in [0.15, 0.2) is 0 Å². The molecule has 0 amide bonds. The van der Waals surface area contributed by atoms with Gasteiger partial charge in [-0.15, -0.1) is 0 Å². The maximum atomic E-state index is 5.61. The first-order chi connectivity index (χ1) is 7.61. The molecule has 1 atom stereocenters. The lowest BCUT2D eigenvalue weighted by molar-refractivity contribution is 0.103. The van der Waals surface area contributed by atoms with E-state index in [4.69, 9.17) is 4.74 Å². The zero-order valence-electron chi connectivity index (χ0n) is 11.5. The minimum absolute atomic E-state index is 0.532. The van der Waals surface area contributed by atoms with Gasteiger partial charge in [0.2, 0.25) is 0 Å². The van der Waals surface area contributed by atoms with Crippen molar-refractivity contribution in [1.82, 2.24) is 5.32 Å². The van der Waals surface area contributed by atoms with Gasteiger partial charge in [0.25, 0.3) is 0 Å². The molecule has 0 radical (unpaired) electrons. The van der Waals surface area contributed by atoms with Crippen LogP contribution in [-0.4, -0.2) is 25.8 Å². The van der Waals surface area contributed by atoms with Gasteiger partial charge in [-0.3, -0.25) is 0 Å². The topological polar surface area (TPSA) is 21.3 Å². The summed E-state index contributed by atoms with van der Waals surface area (Å²) in [5.74, 6) is 2.34. The van der Waals surface area contributed by atoms with Gasteiger partial charge < -0.3 is 10.1 Å². The SMILES string of the molecule is CC(C)C(CNCCC1CCCO1)C(C)C. The van der Waals surface area contributed by atoms with Crippen molar-refractivity contribution in [2.45, 2.75) is 53.1 Å². The van der Waals surface area contributed by atoms with Crippen molar-refractivity contribution >= 4 is 0 Å². The fourth-order valence-corrected chi connectivity index (χ4v) is 2.64. The van der Waals surface area contributed by atoms with E-state index in [0.29, 0.717) is 6.10 Å². The highest BCUT2D eigenvalue weighted by Gasteiger charge is 2.18. The minimum Gasteiger partial charge on any atom is -0.378 e. The second-order valence-corrected chi connectivity index (χ2v) is 5.78. The highest BCUT2D eigenvalue weighted by atomic mass is 16.5. The summed E-state index contributed by atoms with van der Waals surface area (Å²) in [6.45, 7) is 12.5. The fourth-order valence-electron chi connectivity index (χ4n) is 2.64. The molecular weight excluding hydrogens is 198 g/mol. The summed E-state index contributed by atoms with van der Waals surface area (Å²) in [7, 11) is 0. The van der Waals surface area contributed by atoms with Gasteiger partial charge in [-0.25, -0.2) is 0 Å². The average molecular weight is 227 g/mol. The lowest BCUT2D eigenvalue weighted by Gasteiger charge is -2.25. The highest BCUT2D eigenvalue weighted by Crippen LogP contribution is 2.19. The predicted molar refractivity (Wildman–Crippen MR) is 69.6 cm³/mol. The lowest BCUT2D eigenvalue weighted by Crippen LogP contribution is -2.31. The van der Waals surface area contributed by atoms with Crippen molar-refractivity contribution in [3.8, 4) is 0 Å². The third kappa shape index (κ3) is 4.84. The average Bonchev–Trinajstić information content (AvgIpc) is 2.68. The number of rotatable bonds is 7. The Morgan fingerprint density at radius 1 is 1.19 bits per heavy atom. The quantitative estimate of drug-likeness (QED) is 0.675. The van der Waals surface area contributed by atoms with Crippen LogP contribution in [0.1, 0.15) is 47.0 Å². The molecule has 16 heavy (non-hydrogen) atoms. The van der Waals surface area contributed by atoms with Crippen molar-refractivity contribution in [2.75, 3.05) is 19.7 Å². The van der Waals surface area contributed by atoms with Gasteiger partial charge in [-0.2, -0.15) is 0 Å². The molecule has 0 bridgehead atoms. The van der Waals surface area contributed by atoms with Crippen LogP contribution in [0.25, 0.3) is 0 Å². The number of hydrogen-bond donors (Lipinski definition) is 1. The molecular formula is C14H29NO. The monoisotopic (exact) mass is 227 g/mol. The Morgan fingerprint density at radius 3 is 2.38 bits per heavy atom. The molecule has 0 saturated carbocycles. The third-order valence-corrected chi connectivity index (χ3v) is 3.76. The Balaban J connectivity index is 2.08. The van der Waals surface area contributed by atoms with E-state index < -0.39 is 0 Å². The number of nitrogens with one attached hydrogen (secondary N) is 1. The van der Waals surface area contributed by atoms with E-state index in [1.807, 2.05) is 0 Å². The zero-order valence-corrected chi connectivity index (χ0v) is 11.5. The van der Waals surface area contributed by atoms with Gasteiger partial charge in [-0.1, -0.05) is 27.7 Å². The fraction of sp³-hybridized carbons (Fsp3) is 1.00. The van der Waals surface area contributed by atoms with Crippen LogP contribution in [0.5, 0.6) is 0 Å². The Hall–Kier alpha value is -0.0800. The van der Waals surface area contributed by atoms with Gasteiger partial charge >= 0.3 is 0 Å². The summed E-state index contributed by atoms with van der Waals surface area (Å²) in [5, 5.41) is 3.60. The summed E-state index contributed by atoms with van der Waals surface area (Å²) in [5.41, 5.74) is 0. The Bertz CT molecular complexity index is 166. The molecule has 0 aromatic carbocycles. The van der Waals surface area contributed by atoms with Crippen molar-refractivity contribution in [1.29, 1.82) is 0 Å². The summed E-state index contributed by atoms with van der Waals surface area (Å²) >= 11 is 0. The Kier molecular flexibility index (Phi) is 6.37. The first-order valence-corrected chi connectivity index (χ1v) is 6.93. The predicted octanol–water partition coefficient (Wildman–Crippen LogP) is 3.07. The molecule has 2 nitrogen and oxygen atoms in total. The molecule has 1 aliphatic heterocycles. The Labute approximate surface area is 101 Å². The summed E-state index contributed by atoms with van der Waals surface area (Å²) in [6, 6.07) is 0. The number of ether oxygens (including phenoxy) is 1. The third-order valence-electron chi connectivity index (χ3n) is 3.76. The maximum absolute atomic E-state index is 5.61. The molecule has 1 unspecified atom stereocenters. The van der Waals surface area contributed by atoms with Crippen LogP contribution >= 0.6 is 0 Å². The van der Waals surface area contributed by atoms with Gasteiger partial charge in [0.1, 0.15) is 0 Å². The van der Waals surface area contributed by atoms with E-state index in [-0.39, 0.29) is 0 Å². The van der Waals surface area contributed by atoms with Gasteiger partial charge in [-0.05, 0) is 50.1 Å². The van der Waals surface area contributed by atoms with E-state index >= 15 is 0 Å². The van der Waals surface area contributed by atoms with Crippen LogP contribution in [0.3, 0.4) is 0 Å². The maximum Gasteiger partial charge on any atom is 0.0588 e. The largest absolute Gasteiger partial charge is 0.378 e. The standard InChI is InChI=1S/C14H29NO/c1-11(2)14(12(3)4)10-15-8-7-13-6-5-9-16-13/h11-15H,5-10H2,1-4H3. The molecule has 1 heterocycles. The van der Waals surface area contributed by atoms with Crippen molar-refractivity contribution in [3.63, 3.8) is 0 Å². The summed E-state index contributed by atoms with van der Waals surface area (Å²) < 4.78 is 5.61. The van der Waals surface area contributed by atoms with Crippen LogP contribution in [0.15, 0.2) is 0 Å². The lowest BCUT2D eigenvalue weighted by atomic mass is 9.85. The molecule has 1 aliphatic rings. The van der Waals surface area contributed by atoms with Crippen LogP contribution in [0.4, 0.5) is 0 Å². The normalized spacial score (nSPS) is 21.6. The van der Waals surface area contributed by atoms with E-state index in [1.165, 1.54) is 19.3 Å². The number of hydrogen-bond acceptors (Lipinski definition) is 2. The van der Waals surface area contributed by atoms with E-state index in [1.54, 1.807) is 0 Å². The molecule has 1 saturated heterocycles. The molecule has 0 aromatic rings. The molecule has 1 N–H and O–H groups in total. The van der Waals surface area contributed by atoms with Crippen LogP contribution < -0.4 is 5.32 Å². The van der Waals surface area contributed by atoms with Crippen LogP contribution in [-0.2, 0) is 4.74 Å². The molecule has 0 aromatic heterocycles. The van der Waals surface area contributed by atoms with Crippen molar-refractivity contribution in [2.24, 2.45) is 17.8 Å². The summed E-state index contributed by atoms with van der Waals surface area (Å²) in [4.78, 5) is 0. The minimum atomic E-state index is 0.532. The molecule has 0 spiro atoms. The van der Waals surface area contributed by atoms with E-state index in [2.05, 4.69) is 33.0 Å². The first-order valence-electron chi connectivity index (χ1n) is 6.93. The van der Waals surface area contributed by atoms with E-state index in [9.17, 15) is 0 Å². The van der Waals surface area contributed by atoms with E-state index in [0.717, 1.165) is 37.5 Å². The molecule has 96 valence electrons. The molecule has 1 rings (SSSR count). The van der Waals surface area contributed by atoms with Crippen LogP contribution in [0.2, 0.25) is 0 Å². The molecule has 0 aliphatic carbocycles. The smallest absolute Gasteiger partial charge is 0.0588 e. The Morgan fingerprint density at radius 2 is 1.88 bits per heavy atom. The first kappa shape index (κ1) is 14.0. The molecule has 2 heteroatoms. The van der Waals surface area contributed by atoms with Crippen molar-refractivity contribution in [3.05, 3.63) is 0 Å². The van der Waals surface area contributed by atoms with Gasteiger partial charge in [0.05, 0.1) is 6.10 Å². The highest BCUT2D eigenvalue weighted by molar-refractivity contribution is 4.71. The second kappa shape index (κ2) is 7.29. The second-order valence-electron chi connectivity index (χ2n) is 5.78. The zero-order chi connectivity index (χ0) is 12.0. The van der Waals surface area contributed by atoms with Crippen LogP contribution in [0, 0.1) is 17.8 Å². The molecule has 1 fully saturated rings. The van der Waals surface area contributed by atoms with Gasteiger partial charge in [0, 0.05) is 6.61 Å².